The highest BCUT2D eigenvalue weighted by Crippen LogP contribution is 2.17. The molecule has 1 heterocycles. The third-order valence-electron chi connectivity index (χ3n) is 3.66. The highest BCUT2D eigenvalue weighted by atomic mass is 16.5. The van der Waals surface area contributed by atoms with Gasteiger partial charge in [-0.3, -0.25) is 5.32 Å². The number of ether oxygens (including phenoxy) is 2. The molecule has 0 radical (unpaired) electrons. The van der Waals surface area contributed by atoms with Crippen molar-refractivity contribution >= 4 is 23.5 Å². The molecule has 0 aliphatic carbocycles. The Hall–Kier alpha value is -2.28. The molecule has 23 heavy (non-hydrogen) atoms. The van der Waals surface area contributed by atoms with Crippen molar-refractivity contribution in [3.8, 4) is 0 Å². The molecule has 0 aromatic heterocycles. The monoisotopic (exact) mass is 321 g/mol. The quantitative estimate of drug-likeness (QED) is 0.874. The van der Waals surface area contributed by atoms with Crippen molar-refractivity contribution in [1.82, 2.24) is 4.90 Å². The number of amides is 3. The van der Waals surface area contributed by atoms with Crippen molar-refractivity contribution < 1.29 is 19.1 Å². The van der Waals surface area contributed by atoms with Crippen LogP contribution in [0.5, 0.6) is 0 Å². The number of hydrogen-bond acceptors (Lipinski definition) is 4. The van der Waals surface area contributed by atoms with Crippen molar-refractivity contribution in [2.24, 2.45) is 0 Å². The molecule has 0 unspecified atom stereocenters. The number of likely N-dealkylation sites (N-methyl/N-ethyl adjacent to an activating group) is 1. The molecule has 3 amide bonds. The van der Waals surface area contributed by atoms with Crippen molar-refractivity contribution in [3.63, 3.8) is 0 Å². The summed E-state index contributed by atoms with van der Waals surface area (Å²) in [6.07, 6.45) is 1.60. The SMILES string of the molecule is CCN(C[C@H]1CCCO1)C(=O)Nc1cccc(NC(=O)OC)c1. The molecule has 0 saturated carbocycles. The number of urea groups is 1. The minimum atomic E-state index is -0.554. The maximum atomic E-state index is 12.4. The second-order valence-corrected chi connectivity index (χ2v) is 5.30. The van der Waals surface area contributed by atoms with Gasteiger partial charge in [-0.15, -0.1) is 0 Å². The van der Waals surface area contributed by atoms with Crippen LogP contribution in [0.4, 0.5) is 21.0 Å². The number of rotatable bonds is 5. The number of nitrogens with one attached hydrogen (secondary N) is 2. The average molecular weight is 321 g/mol. The van der Waals surface area contributed by atoms with E-state index in [1.807, 2.05) is 6.92 Å². The first-order chi connectivity index (χ1) is 11.1. The van der Waals surface area contributed by atoms with E-state index >= 15 is 0 Å². The number of anilines is 2. The summed E-state index contributed by atoms with van der Waals surface area (Å²) in [5.74, 6) is 0. The van der Waals surface area contributed by atoms with Gasteiger partial charge in [-0.25, -0.2) is 9.59 Å². The summed E-state index contributed by atoms with van der Waals surface area (Å²) in [6.45, 7) is 3.89. The second kappa shape index (κ2) is 8.38. The summed E-state index contributed by atoms with van der Waals surface area (Å²) >= 11 is 0. The molecular formula is C16H23N3O4. The second-order valence-electron chi connectivity index (χ2n) is 5.30. The first-order valence-corrected chi connectivity index (χ1v) is 7.75. The van der Waals surface area contributed by atoms with Gasteiger partial charge >= 0.3 is 12.1 Å². The van der Waals surface area contributed by atoms with Gasteiger partial charge in [0.2, 0.25) is 0 Å². The zero-order valence-electron chi connectivity index (χ0n) is 13.5. The van der Waals surface area contributed by atoms with Crippen LogP contribution in [0.15, 0.2) is 24.3 Å². The molecule has 7 heteroatoms. The molecule has 7 nitrogen and oxygen atoms in total. The summed E-state index contributed by atoms with van der Waals surface area (Å²) in [4.78, 5) is 25.3. The lowest BCUT2D eigenvalue weighted by Crippen LogP contribution is -2.39. The predicted molar refractivity (Wildman–Crippen MR) is 87.7 cm³/mol. The van der Waals surface area contributed by atoms with E-state index < -0.39 is 6.09 Å². The topological polar surface area (TPSA) is 79.9 Å². The van der Waals surface area contributed by atoms with Crippen LogP contribution in [0.2, 0.25) is 0 Å². The Kier molecular flexibility index (Phi) is 6.22. The van der Waals surface area contributed by atoms with E-state index in [4.69, 9.17) is 4.74 Å². The smallest absolute Gasteiger partial charge is 0.411 e. The molecular weight excluding hydrogens is 298 g/mol. The Labute approximate surface area is 135 Å². The maximum absolute atomic E-state index is 12.4. The molecule has 2 N–H and O–H groups in total. The van der Waals surface area contributed by atoms with Crippen molar-refractivity contribution in [3.05, 3.63) is 24.3 Å². The van der Waals surface area contributed by atoms with Gasteiger partial charge in [0, 0.05) is 31.1 Å². The predicted octanol–water partition coefficient (Wildman–Crippen LogP) is 2.90. The van der Waals surface area contributed by atoms with Crippen molar-refractivity contribution in [1.29, 1.82) is 0 Å². The van der Waals surface area contributed by atoms with E-state index in [0.717, 1.165) is 19.4 Å². The van der Waals surface area contributed by atoms with Gasteiger partial charge < -0.3 is 19.7 Å². The Balaban J connectivity index is 1.94. The lowest BCUT2D eigenvalue weighted by atomic mass is 10.2. The number of carbonyl (C=O) groups excluding carboxylic acids is 2. The van der Waals surface area contributed by atoms with Crippen LogP contribution in [-0.2, 0) is 9.47 Å². The van der Waals surface area contributed by atoms with Crippen molar-refractivity contribution in [2.45, 2.75) is 25.9 Å². The molecule has 1 aliphatic rings. The summed E-state index contributed by atoms with van der Waals surface area (Å²) < 4.78 is 10.1. The number of benzene rings is 1. The Bertz CT molecular complexity index is 544. The van der Waals surface area contributed by atoms with Crippen molar-refractivity contribution in [2.75, 3.05) is 37.4 Å². The molecule has 1 aliphatic heterocycles. The van der Waals surface area contributed by atoms with Crippen LogP contribution in [0.3, 0.4) is 0 Å². The fourth-order valence-corrected chi connectivity index (χ4v) is 2.44. The fraction of sp³-hybridized carbons (Fsp3) is 0.500. The molecule has 1 fully saturated rings. The molecule has 2 rings (SSSR count). The standard InChI is InChI=1S/C16H23N3O4/c1-3-19(11-14-8-5-9-23-14)15(20)17-12-6-4-7-13(10-12)18-16(21)22-2/h4,6-7,10,14H,3,5,8-9,11H2,1-2H3,(H,17,20)(H,18,21)/t14-/m1/s1. The van der Waals surface area contributed by atoms with Crippen LogP contribution in [0, 0.1) is 0 Å². The molecule has 0 bridgehead atoms. The minimum Gasteiger partial charge on any atom is -0.453 e. The van der Waals surface area contributed by atoms with Crippen LogP contribution >= 0.6 is 0 Å². The molecule has 1 aromatic rings. The normalized spacial score (nSPS) is 16.7. The van der Waals surface area contributed by atoms with Gasteiger partial charge in [-0.2, -0.15) is 0 Å². The lowest BCUT2D eigenvalue weighted by Gasteiger charge is -2.24. The number of methoxy groups -OCH3 is 1. The zero-order chi connectivity index (χ0) is 16.7. The summed E-state index contributed by atoms with van der Waals surface area (Å²) in [6, 6.07) is 6.72. The third-order valence-corrected chi connectivity index (χ3v) is 3.66. The van der Waals surface area contributed by atoms with E-state index in [2.05, 4.69) is 15.4 Å². The molecule has 1 atom stereocenters. The summed E-state index contributed by atoms with van der Waals surface area (Å²) in [5.41, 5.74) is 1.16. The molecule has 0 spiro atoms. The van der Waals surface area contributed by atoms with E-state index in [9.17, 15) is 9.59 Å². The van der Waals surface area contributed by atoms with Gasteiger partial charge in [0.15, 0.2) is 0 Å². The zero-order valence-corrected chi connectivity index (χ0v) is 13.5. The summed E-state index contributed by atoms with van der Waals surface area (Å²) in [7, 11) is 1.30. The fourth-order valence-electron chi connectivity index (χ4n) is 2.44. The van der Waals surface area contributed by atoms with E-state index in [1.54, 1.807) is 29.2 Å². The molecule has 1 saturated heterocycles. The highest BCUT2D eigenvalue weighted by Gasteiger charge is 2.21. The largest absolute Gasteiger partial charge is 0.453 e. The van der Waals surface area contributed by atoms with Gasteiger partial charge in [0.1, 0.15) is 0 Å². The highest BCUT2D eigenvalue weighted by molar-refractivity contribution is 5.91. The van der Waals surface area contributed by atoms with Gasteiger partial charge in [-0.05, 0) is 38.0 Å². The Morgan fingerprint density at radius 1 is 1.35 bits per heavy atom. The Morgan fingerprint density at radius 2 is 2.09 bits per heavy atom. The lowest BCUT2D eigenvalue weighted by molar-refractivity contribution is 0.0849. The molecule has 1 aromatic carbocycles. The minimum absolute atomic E-state index is 0.119. The summed E-state index contributed by atoms with van der Waals surface area (Å²) in [5, 5.41) is 5.40. The first-order valence-electron chi connectivity index (χ1n) is 7.75. The number of carbonyl (C=O) groups is 2. The van der Waals surface area contributed by atoms with E-state index in [-0.39, 0.29) is 12.1 Å². The van der Waals surface area contributed by atoms with Gasteiger partial charge in [0.05, 0.1) is 13.2 Å². The first kappa shape index (κ1) is 17.1. The van der Waals surface area contributed by atoms with Crippen LogP contribution in [0.25, 0.3) is 0 Å². The van der Waals surface area contributed by atoms with Gasteiger partial charge in [-0.1, -0.05) is 6.07 Å². The third kappa shape index (κ3) is 5.14. The number of nitrogens with zero attached hydrogens (tertiary/aromatic N) is 1. The average Bonchev–Trinajstić information content (AvgIpc) is 3.05. The Morgan fingerprint density at radius 3 is 2.70 bits per heavy atom. The van der Waals surface area contributed by atoms with Crippen LogP contribution in [0.1, 0.15) is 19.8 Å². The van der Waals surface area contributed by atoms with Gasteiger partial charge in [0.25, 0.3) is 0 Å². The van der Waals surface area contributed by atoms with Crippen LogP contribution < -0.4 is 10.6 Å². The van der Waals surface area contributed by atoms with Crippen LogP contribution in [-0.4, -0.2) is 49.9 Å². The maximum Gasteiger partial charge on any atom is 0.411 e. The van der Waals surface area contributed by atoms with E-state index in [1.165, 1.54) is 7.11 Å². The van der Waals surface area contributed by atoms with E-state index in [0.29, 0.717) is 24.5 Å². The molecule has 126 valence electrons. The number of hydrogen-bond donors (Lipinski definition) is 2.